The summed E-state index contributed by atoms with van der Waals surface area (Å²) in [4.78, 5) is 12.2. The van der Waals surface area contributed by atoms with Gasteiger partial charge in [0, 0.05) is 29.2 Å². The fourth-order valence-electron chi connectivity index (χ4n) is 2.39. The summed E-state index contributed by atoms with van der Waals surface area (Å²) < 4.78 is 7.42. The number of nitrogens with zero attached hydrogens (tertiary/aromatic N) is 2. The molecule has 0 aliphatic carbocycles. The highest BCUT2D eigenvalue weighted by Gasteiger charge is 2.07. The third kappa shape index (κ3) is 4.70. The Kier molecular flexibility index (Phi) is 5.50. The molecule has 5 nitrogen and oxygen atoms in total. The van der Waals surface area contributed by atoms with E-state index < -0.39 is 0 Å². The Hall–Kier alpha value is -2.60. The number of carbonyl (C=O) groups excluding carboxylic acids is 1. The van der Waals surface area contributed by atoms with E-state index in [1.54, 1.807) is 23.5 Å². The molecule has 0 unspecified atom stereocenters. The average Bonchev–Trinajstić information content (AvgIpc) is 3.26. The highest BCUT2D eigenvalue weighted by atomic mass is 32.1. The van der Waals surface area contributed by atoms with Crippen LogP contribution >= 0.6 is 11.3 Å². The maximum Gasteiger partial charge on any atom is 0.251 e. The van der Waals surface area contributed by atoms with Crippen LogP contribution in [0.2, 0.25) is 0 Å². The second-order valence-corrected chi connectivity index (χ2v) is 6.70. The molecule has 25 heavy (non-hydrogen) atoms. The highest BCUT2D eigenvalue weighted by molar-refractivity contribution is 7.08. The Morgan fingerprint density at radius 2 is 2.04 bits per heavy atom. The summed E-state index contributed by atoms with van der Waals surface area (Å²) in [5.74, 6) is 0.672. The first kappa shape index (κ1) is 17.2. The van der Waals surface area contributed by atoms with Crippen molar-refractivity contribution in [2.45, 2.75) is 26.5 Å². The van der Waals surface area contributed by atoms with Gasteiger partial charge in [0.1, 0.15) is 5.75 Å². The van der Waals surface area contributed by atoms with Crippen LogP contribution in [0.15, 0.2) is 53.4 Å². The van der Waals surface area contributed by atoms with Crippen molar-refractivity contribution in [2.24, 2.45) is 0 Å². The van der Waals surface area contributed by atoms with E-state index in [4.69, 9.17) is 4.74 Å². The van der Waals surface area contributed by atoms with Gasteiger partial charge in [-0.05, 0) is 55.6 Å². The monoisotopic (exact) mass is 355 g/mol. The molecule has 3 aromatic rings. The molecular weight excluding hydrogens is 334 g/mol. The minimum atomic E-state index is -0.0960. The Balaban J connectivity index is 1.49. The number of nitrogens with one attached hydrogen (secondary N) is 1. The smallest absolute Gasteiger partial charge is 0.251 e. The Bertz CT molecular complexity index is 808. The molecule has 2 aromatic heterocycles. The molecule has 0 aliphatic rings. The lowest BCUT2D eigenvalue weighted by molar-refractivity contribution is 0.0952. The minimum Gasteiger partial charge on any atom is -0.491 e. The summed E-state index contributed by atoms with van der Waals surface area (Å²) in [6, 6.07) is 11.2. The van der Waals surface area contributed by atoms with E-state index in [-0.39, 0.29) is 12.0 Å². The maximum absolute atomic E-state index is 12.2. The molecule has 1 N–H and O–H groups in total. The van der Waals surface area contributed by atoms with Gasteiger partial charge in [0.2, 0.25) is 0 Å². The second-order valence-electron chi connectivity index (χ2n) is 5.92. The van der Waals surface area contributed by atoms with Gasteiger partial charge in [-0.1, -0.05) is 0 Å². The van der Waals surface area contributed by atoms with Gasteiger partial charge < -0.3 is 10.1 Å². The third-order valence-electron chi connectivity index (χ3n) is 3.57. The van der Waals surface area contributed by atoms with Gasteiger partial charge in [-0.2, -0.15) is 16.4 Å². The lowest BCUT2D eigenvalue weighted by Gasteiger charge is -2.10. The van der Waals surface area contributed by atoms with Crippen molar-refractivity contribution in [1.29, 1.82) is 0 Å². The summed E-state index contributed by atoms with van der Waals surface area (Å²) in [6.07, 6.45) is 2.05. The van der Waals surface area contributed by atoms with Crippen molar-refractivity contribution in [3.8, 4) is 17.0 Å². The molecule has 0 fully saturated rings. The van der Waals surface area contributed by atoms with Crippen molar-refractivity contribution in [1.82, 2.24) is 15.1 Å². The molecule has 0 aliphatic heterocycles. The molecular formula is C19H21N3O2S. The Labute approximate surface area is 151 Å². The van der Waals surface area contributed by atoms with E-state index in [9.17, 15) is 4.79 Å². The van der Waals surface area contributed by atoms with Crippen LogP contribution in [-0.4, -0.2) is 28.3 Å². The zero-order chi connectivity index (χ0) is 17.6. The molecule has 0 spiro atoms. The summed E-state index contributed by atoms with van der Waals surface area (Å²) in [5.41, 5.74) is 2.69. The number of hydrogen-bond donors (Lipinski definition) is 1. The number of rotatable bonds is 7. The number of hydrogen-bond acceptors (Lipinski definition) is 4. The predicted molar refractivity (Wildman–Crippen MR) is 100 cm³/mol. The highest BCUT2D eigenvalue weighted by Crippen LogP contribution is 2.19. The van der Waals surface area contributed by atoms with Crippen LogP contribution < -0.4 is 10.1 Å². The molecule has 1 aromatic carbocycles. The fourth-order valence-corrected chi connectivity index (χ4v) is 3.04. The minimum absolute atomic E-state index is 0.0960. The molecule has 3 rings (SSSR count). The molecule has 6 heteroatoms. The maximum atomic E-state index is 12.2. The number of amides is 1. The number of carbonyl (C=O) groups is 1. The van der Waals surface area contributed by atoms with Crippen molar-refractivity contribution in [3.63, 3.8) is 0 Å². The Morgan fingerprint density at radius 3 is 2.72 bits per heavy atom. The summed E-state index contributed by atoms with van der Waals surface area (Å²) >= 11 is 1.65. The molecule has 0 bridgehead atoms. The molecule has 0 radical (unpaired) electrons. The quantitative estimate of drug-likeness (QED) is 0.701. The predicted octanol–water partition coefficient (Wildman–Crippen LogP) is 3.83. The van der Waals surface area contributed by atoms with Gasteiger partial charge in [0.15, 0.2) is 0 Å². The summed E-state index contributed by atoms with van der Waals surface area (Å²) in [5, 5.41) is 11.5. The molecule has 1 amide bonds. The SMILES string of the molecule is CC(C)Oc1ccc(C(=O)NCCn2ccc(-c3ccsc3)n2)cc1. The number of benzene rings is 1. The van der Waals surface area contributed by atoms with E-state index >= 15 is 0 Å². The molecule has 2 heterocycles. The van der Waals surface area contributed by atoms with E-state index in [1.165, 1.54) is 0 Å². The zero-order valence-corrected chi connectivity index (χ0v) is 15.1. The van der Waals surface area contributed by atoms with Crippen LogP contribution in [0.5, 0.6) is 5.75 Å². The van der Waals surface area contributed by atoms with E-state index in [1.807, 2.05) is 54.4 Å². The molecule has 0 saturated carbocycles. The van der Waals surface area contributed by atoms with Gasteiger partial charge in [0.05, 0.1) is 18.3 Å². The topological polar surface area (TPSA) is 56.1 Å². The zero-order valence-electron chi connectivity index (χ0n) is 14.3. The lowest BCUT2D eigenvalue weighted by Crippen LogP contribution is -2.27. The first-order valence-electron chi connectivity index (χ1n) is 8.23. The number of ether oxygens (including phenoxy) is 1. The van der Waals surface area contributed by atoms with Crippen molar-refractivity contribution in [2.75, 3.05) is 6.54 Å². The third-order valence-corrected chi connectivity index (χ3v) is 4.26. The molecule has 0 atom stereocenters. The van der Waals surface area contributed by atoms with E-state index in [0.717, 1.165) is 17.0 Å². The van der Waals surface area contributed by atoms with Crippen molar-refractivity contribution >= 4 is 17.2 Å². The average molecular weight is 355 g/mol. The summed E-state index contributed by atoms with van der Waals surface area (Å²) in [7, 11) is 0. The van der Waals surface area contributed by atoms with Gasteiger partial charge in [-0.25, -0.2) is 0 Å². The second kappa shape index (κ2) is 7.98. The normalized spacial score (nSPS) is 10.8. The fraction of sp³-hybridized carbons (Fsp3) is 0.263. The molecule has 130 valence electrons. The number of thiophene rings is 1. The van der Waals surface area contributed by atoms with E-state index in [0.29, 0.717) is 18.7 Å². The summed E-state index contributed by atoms with van der Waals surface area (Å²) in [6.45, 7) is 5.09. The van der Waals surface area contributed by atoms with Crippen LogP contribution in [-0.2, 0) is 6.54 Å². The lowest BCUT2D eigenvalue weighted by atomic mass is 10.2. The van der Waals surface area contributed by atoms with Gasteiger partial charge in [-0.3, -0.25) is 9.48 Å². The largest absolute Gasteiger partial charge is 0.491 e. The van der Waals surface area contributed by atoms with Gasteiger partial charge in [0.25, 0.3) is 5.91 Å². The van der Waals surface area contributed by atoms with Gasteiger partial charge >= 0.3 is 0 Å². The van der Waals surface area contributed by atoms with E-state index in [2.05, 4.69) is 15.8 Å². The first-order valence-corrected chi connectivity index (χ1v) is 9.17. The van der Waals surface area contributed by atoms with Crippen LogP contribution in [0.4, 0.5) is 0 Å². The van der Waals surface area contributed by atoms with Crippen molar-refractivity contribution in [3.05, 3.63) is 58.9 Å². The first-order chi connectivity index (χ1) is 12.1. The van der Waals surface area contributed by atoms with Crippen LogP contribution in [0.3, 0.4) is 0 Å². The van der Waals surface area contributed by atoms with Crippen LogP contribution in [0.1, 0.15) is 24.2 Å². The van der Waals surface area contributed by atoms with Crippen molar-refractivity contribution < 1.29 is 9.53 Å². The number of aromatic nitrogens is 2. The van der Waals surface area contributed by atoms with Crippen LogP contribution in [0, 0.1) is 0 Å². The van der Waals surface area contributed by atoms with Crippen LogP contribution in [0.25, 0.3) is 11.3 Å². The Morgan fingerprint density at radius 1 is 1.24 bits per heavy atom. The van der Waals surface area contributed by atoms with Gasteiger partial charge in [-0.15, -0.1) is 0 Å². The standard InChI is InChI=1S/C19H21N3O2S/c1-14(2)24-17-5-3-15(4-6-17)19(23)20-9-11-22-10-7-18(21-22)16-8-12-25-13-16/h3-8,10,12-14H,9,11H2,1-2H3,(H,20,23). The molecule has 0 saturated heterocycles.